The molecular weight excluding hydrogens is 411 g/mol. The third-order valence-corrected chi connectivity index (χ3v) is 5.74. The van der Waals surface area contributed by atoms with E-state index in [0.717, 1.165) is 17.3 Å². The molecule has 0 unspecified atom stereocenters. The molecule has 150 valence electrons. The predicted octanol–water partition coefficient (Wildman–Crippen LogP) is 3.48. The highest BCUT2D eigenvalue weighted by atomic mass is 32.2. The molecule has 2 N–H and O–H groups in total. The van der Waals surface area contributed by atoms with E-state index in [0.29, 0.717) is 27.8 Å². The highest BCUT2D eigenvalue weighted by molar-refractivity contribution is 8.26. The Kier molecular flexibility index (Phi) is 6.66. The molecule has 5 nitrogen and oxygen atoms in total. The SMILES string of the molecule is C[C@H](C(=O)NCCc1ccc(O)cc1)N1C(=O)/C(=C/c2ccc(F)cc2)SC1=S. The number of rotatable bonds is 6. The Balaban J connectivity index is 1.60. The number of thioether (sulfide) groups is 1. The first-order valence-corrected chi connectivity index (χ1v) is 10.2. The summed E-state index contributed by atoms with van der Waals surface area (Å²) in [7, 11) is 0. The Morgan fingerprint density at radius 3 is 2.55 bits per heavy atom. The molecule has 2 aromatic rings. The number of halogens is 1. The zero-order chi connectivity index (χ0) is 21.0. The maximum Gasteiger partial charge on any atom is 0.266 e. The number of carbonyl (C=O) groups is 2. The van der Waals surface area contributed by atoms with E-state index >= 15 is 0 Å². The molecule has 0 radical (unpaired) electrons. The van der Waals surface area contributed by atoms with Crippen molar-refractivity contribution in [3.05, 3.63) is 70.4 Å². The van der Waals surface area contributed by atoms with Crippen LogP contribution in [0.2, 0.25) is 0 Å². The number of hydrogen-bond donors (Lipinski definition) is 2. The zero-order valence-corrected chi connectivity index (χ0v) is 17.2. The maximum atomic E-state index is 13.0. The van der Waals surface area contributed by atoms with E-state index in [9.17, 15) is 19.1 Å². The minimum atomic E-state index is -0.749. The normalized spacial score (nSPS) is 16.3. The van der Waals surface area contributed by atoms with Gasteiger partial charge in [-0.05, 0) is 54.8 Å². The number of benzene rings is 2. The third-order valence-electron chi connectivity index (χ3n) is 4.41. The van der Waals surface area contributed by atoms with Gasteiger partial charge in [-0.1, -0.05) is 48.2 Å². The molecule has 0 aliphatic carbocycles. The fourth-order valence-electron chi connectivity index (χ4n) is 2.78. The lowest BCUT2D eigenvalue weighted by Gasteiger charge is -2.22. The number of phenols is 1. The molecule has 1 saturated heterocycles. The van der Waals surface area contributed by atoms with Crippen molar-refractivity contribution in [2.45, 2.75) is 19.4 Å². The molecule has 29 heavy (non-hydrogen) atoms. The van der Waals surface area contributed by atoms with Crippen molar-refractivity contribution in [3.8, 4) is 5.75 Å². The molecular formula is C21H19FN2O3S2. The van der Waals surface area contributed by atoms with Crippen molar-refractivity contribution < 1.29 is 19.1 Å². The average Bonchev–Trinajstić information content (AvgIpc) is 2.97. The van der Waals surface area contributed by atoms with Gasteiger partial charge in [0.25, 0.3) is 5.91 Å². The van der Waals surface area contributed by atoms with Crippen LogP contribution < -0.4 is 5.32 Å². The maximum absolute atomic E-state index is 13.0. The molecule has 0 saturated carbocycles. The number of phenolic OH excluding ortho intramolecular Hbond substituents is 1. The molecule has 1 aliphatic heterocycles. The van der Waals surface area contributed by atoms with Gasteiger partial charge < -0.3 is 10.4 Å². The summed E-state index contributed by atoms with van der Waals surface area (Å²) in [6.07, 6.45) is 2.23. The van der Waals surface area contributed by atoms with Crippen LogP contribution in [-0.4, -0.2) is 38.7 Å². The summed E-state index contributed by atoms with van der Waals surface area (Å²) in [6, 6.07) is 11.8. The summed E-state index contributed by atoms with van der Waals surface area (Å²) in [5, 5.41) is 12.1. The fraction of sp³-hybridized carbons (Fsp3) is 0.190. The van der Waals surface area contributed by atoms with Gasteiger partial charge in [-0.2, -0.15) is 0 Å². The lowest BCUT2D eigenvalue weighted by Crippen LogP contribution is -2.47. The van der Waals surface area contributed by atoms with Crippen LogP contribution in [0.15, 0.2) is 53.4 Å². The van der Waals surface area contributed by atoms with Gasteiger partial charge in [-0.3, -0.25) is 14.5 Å². The van der Waals surface area contributed by atoms with Crippen LogP contribution in [0.4, 0.5) is 4.39 Å². The second kappa shape index (κ2) is 9.19. The molecule has 8 heteroatoms. The van der Waals surface area contributed by atoms with E-state index in [2.05, 4.69) is 5.32 Å². The average molecular weight is 431 g/mol. The van der Waals surface area contributed by atoms with Gasteiger partial charge in [-0.15, -0.1) is 0 Å². The predicted molar refractivity (Wildman–Crippen MR) is 116 cm³/mol. The van der Waals surface area contributed by atoms with E-state index in [1.165, 1.54) is 17.0 Å². The second-order valence-electron chi connectivity index (χ2n) is 6.49. The van der Waals surface area contributed by atoms with Gasteiger partial charge in [0.1, 0.15) is 21.9 Å². The van der Waals surface area contributed by atoms with Crippen molar-refractivity contribution in [2.24, 2.45) is 0 Å². The van der Waals surface area contributed by atoms with Gasteiger partial charge >= 0.3 is 0 Å². The quantitative estimate of drug-likeness (QED) is 0.543. The smallest absolute Gasteiger partial charge is 0.266 e. The highest BCUT2D eigenvalue weighted by Crippen LogP contribution is 2.34. The molecule has 1 fully saturated rings. The van der Waals surface area contributed by atoms with Crippen LogP contribution in [0.1, 0.15) is 18.1 Å². The molecule has 1 atom stereocenters. The number of aromatic hydroxyl groups is 1. The van der Waals surface area contributed by atoms with Crippen molar-refractivity contribution in [1.82, 2.24) is 10.2 Å². The zero-order valence-electron chi connectivity index (χ0n) is 15.6. The molecule has 1 aliphatic rings. The number of amides is 2. The van der Waals surface area contributed by atoms with Gasteiger partial charge in [0, 0.05) is 6.54 Å². The summed E-state index contributed by atoms with van der Waals surface area (Å²) >= 11 is 6.41. The van der Waals surface area contributed by atoms with E-state index in [-0.39, 0.29) is 23.4 Å². The molecule has 0 aromatic heterocycles. The first-order chi connectivity index (χ1) is 13.8. The Labute approximate surface area is 177 Å². The Bertz CT molecular complexity index is 959. The summed E-state index contributed by atoms with van der Waals surface area (Å²) in [4.78, 5) is 26.9. The lowest BCUT2D eigenvalue weighted by molar-refractivity contribution is -0.132. The minimum absolute atomic E-state index is 0.189. The standard InChI is InChI=1S/C21H19FN2O3S2/c1-13(19(26)23-11-10-14-4-8-17(25)9-5-14)24-20(27)18(29-21(24)28)12-15-2-6-16(22)7-3-15/h2-9,12-13,25H,10-11H2,1H3,(H,23,26)/b18-12-/t13-/m1/s1. The van der Waals surface area contributed by atoms with Crippen LogP contribution in [0, 0.1) is 5.82 Å². The first-order valence-electron chi connectivity index (χ1n) is 8.93. The molecule has 2 aromatic carbocycles. The fourth-order valence-corrected chi connectivity index (χ4v) is 4.20. The number of carbonyl (C=O) groups excluding carboxylic acids is 2. The minimum Gasteiger partial charge on any atom is -0.508 e. The van der Waals surface area contributed by atoms with Crippen LogP contribution in [0.3, 0.4) is 0 Å². The van der Waals surface area contributed by atoms with E-state index in [4.69, 9.17) is 12.2 Å². The second-order valence-corrected chi connectivity index (χ2v) is 8.16. The van der Waals surface area contributed by atoms with Gasteiger partial charge in [0.2, 0.25) is 5.91 Å². The monoisotopic (exact) mass is 430 g/mol. The summed E-state index contributed by atoms with van der Waals surface area (Å²) in [5.74, 6) is -0.810. The van der Waals surface area contributed by atoms with E-state index in [1.807, 2.05) is 0 Å². The lowest BCUT2D eigenvalue weighted by atomic mass is 10.1. The van der Waals surface area contributed by atoms with Crippen LogP contribution in [0.25, 0.3) is 6.08 Å². The van der Waals surface area contributed by atoms with Crippen molar-refractivity contribution in [2.75, 3.05) is 6.54 Å². The highest BCUT2D eigenvalue weighted by Gasteiger charge is 2.38. The van der Waals surface area contributed by atoms with Crippen molar-refractivity contribution in [1.29, 1.82) is 0 Å². The molecule has 0 bridgehead atoms. The third kappa shape index (κ3) is 5.21. The van der Waals surface area contributed by atoms with Gasteiger partial charge in [0.05, 0.1) is 4.91 Å². The number of hydrogen-bond acceptors (Lipinski definition) is 5. The molecule has 0 spiro atoms. The largest absolute Gasteiger partial charge is 0.508 e. The number of nitrogens with one attached hydrogen (secondary N) is 1. The molecule has 1 heterocycles. The van der Waals surface area contributed by atoms with Crippen molar-refractivity contribution in [3.63, 3.8) is 0 Å². The summed E-state index contributed by atoms with van der Waals surface area (Å²) < 4.78 is 13.4. The summed E-state index contributed by atoms with van der Waals surface area (Å²) in [6.45, 7) is 2.02. The number of nitrogens with zero attached hydrogens (tertiary/aromatic N) is 1. The van der Waals surface area contributed by atoms with Crippen LogP contribution in [0.5, 0.6) is 5.75 Å². The topological polar surface area (TPSA) is 69.6 Å². The van der Waals surface area contributed by atoms with Crippen molar-refractivity contribution >= 4 is 46.2 Å². The molecule has 2 amide bonds. The van der Waals surface area contributed by atoms with Crippen LogP contribution >= 0.6 is 24.0 Å². The Morgan fingerprint density at radius 2 is 1.90 bits per heavy atom. The van der Waals surface area contributed by atoms with Gasteiger partial charge in [0.15, 0.2) is 0 Å². The van der Waals surface area contributed by atoms with E-state index < -0.39 is 6.04 Å². The Morgan fingerprint density at radius 1 is 1.24 bits per heavy atom. The summed E-state index contributed by atoms with van der Waals surface area (Å²) in [5.41, 5.74) is 1.65. The first kappa shape index (κ1) is 21.0. The van der Waals surface area contributed by atoms with Gasteiger partial charge in [-0.25, -0.2) is 4.39 Å². The Hall–Kier alpha value is -2.71. The number of thiocarbonyl (C=S) groups is 1. The van der Waals surface area contributed by atoms with Crippen LogP contribution in [-0.2, 0) is 16.0 Å². The van der Waals surface area contributed by atoms with E-state index in [1.54, 1.807) is 49.4 Å². The molecule has 3 rings (SSSR count).